The molecule has 14 nitrogen and oxygen atoms in total. The van der Waals surface area contributed by atoms with Crippen LogP contribution in [0.3, 0.4) is 0 Å². The van der Waals surface area contributed by atoms with E-state index in [1.54, 1.807) is 47.8 Å². The quantitative estimate of drug-likeness (QED) is 0.0713. The summed E-state index contributed by atoms with van der Waals surface area (Å²) in [4.78, 5) is 64.4. The lowest BCUT2D eigenvalue weighted by atomic mass is 9.85. The second-order valence-corrected chi connectivity index (χ2v) is 19.7. The van der Waals surface area contributed by atoms with Crippen LogP contribution >= 0.6 is 0 Å². The van der Waals surface area contributed by atoms with Crippen LogP contribution in [0.2, 0.25) is 0 Å². The van der Waals surface area contributed by atoms with E-state index in [0.29, 0.717) is 37.3 Å². The molecule has 3 aliphatic carbocycles. The fraction of sp³-hybridized carbons (Fsp3) is 0.707. The van der Waals surface area contributed by atoms with E-state index in [1.165, 1.54) is 19.2 Å². The Morgan fingerprint density at radius 2 is 1.82 bits per heavy atom. The molecule has 332 valence electrons. The molecule has 6 rings (SSSR count). The number of carbonyl (C=O) groups is 4. The molecule has 60 heavy (non-hydrogen) atoms. The minimum atomic E-state index is -3.52. The first-order chi connectivity index (χ1) is 28.2. The van der Waals surface area contributed by atoms with Gasteiger partial charge in [-0.25, -0.2) is 18.7 Å². The number of rotatable bonds is 20. The number of methoxy groups -OCH3 is 2. The maximum atomic E-state index is 16.4. The Hall–Kier alpha value is -3.97. The van der Waals surface area contributed by atoms with Crippen molar-refractivity contribution in [3.63, 3.8) is 0 Å². The largest absolute Gasteiger partial charge is 0.593 e. The van der Waals surface area contributed by atoms with Gasteiger partial charge < -0.3 is 34.3 Å². The number of benzene rings is 1. The number of aromatic nitrogens is 2. The zero-order valence-corrected chi connectivity index (χ0v) is 35.8. The smallest absolute Gasteiger partial charge is 0.295 e. The molecule has 1 aliphatic heterocycles. The number of likely N-dealkylation sites (tertiary alicyclic amines) is 1. The van der Waals surface area contributed by atoms with E-state index < -0.39 is 112 Å². The molecular formula is C41H56F4N6O8S. The molecule has 0 bridgehead atoms. The molecule has 9 atom stereocenters. The number of carbonyl (C=O) groups excluding carboxylic acids is 4. The average Bonchev–Trinajstić information content (AvgIpc) is 4.15. The number of nitrogens with zero attached hydrogens (tertiary/aromatic N) is 3. The molecule has 19 heteroatoms. The van der Waals surface area contributed by atoms with Gasteiger partial charge in [0, 0.05) is 38.4 Å². The highest BCUT2D eigenvalue weighted by atomic mass is 32.2. The molecule has 2 aromatic rings. The van der Waals surface area contributed by atoms with E-state index in [0.717, 1.165) is 17.7 Å². The number of unbranched alkanes of at least 4 members (excludes halogenated alkanes) is 1. The van der Waals surface area contributed by atoms with Crippen molar-refractivity contribution in [2.75, 3.05) is 20.8 Å². The Bertz CT molecular complexity index is 1940. The third-order valence-corrected chi connectivity index (χ3v) is 14.2. The fourth-order valence-corrected chi connectivity index (χ4v) is 9.35. The van der Waals surface area contributed by atoms with E-state index in [1.807, 2.05) is 0 Å². The Labute approximate surface area is 350 Å². The van der Waals surface area contributed by atoms with E-state index in [-0.39, 0.29) is 36.5 Å². The minimum absolute atomic E-state index is 0.109. The van der Waals surface area contributed by atoms with Gasteiger partial charge in [0.05, 0.1) is 48.1 Å². The number of amides is 4. The molecule has 0 spiro atoms. The Morgan fingerprint density at radius 1 is 1.10 bits per heavy atom. The number of hydrogen-bond donors (Lipinski definition) is 3. The molecule has 4 fully saturated rings. The van der Waals surface area contributed by atoms with Gasteiger partial charge in [0.25, 0.3) is 11.8 Å². The Kier molecular flexibility index (Phi) is 13.2. The van der Waals surface area contributed by atoms with Crippen LogP contribution in [0.15, 0.2) is 18.2 Å². The van der Waals surface area contributed by atoms with Crippen LogP contribution in [0, 0.1) is 23.2 Å². The summed E-state index contributed by atoms with van der Waals surface area (Å²) in [5, 5.41) is 5.02. The number of nitrogens with one attached hydrogen (secondary N) is 3. The third-order valence-electron chi connectivity index (χ3n) is 12.5. The molecule has 4 amide bonds. The number of halogens is 4. The second-order valence-electron chi connectivity index (χ2n) is 18.0. The van der Waals surface area contributed by atoms with Crippen LogP contribution in [0.4, 0.5) is 17.6 Å². The second kappa shape index (κ2) is 17.4. The predicted octanol–water partition coefficient (Wildman–Crippen LogP) is 4.94. The van der Waals surface area contributed by atoms with Gasteiger partial charge in [0.2, 0.25) is 30.5 Å². The summed E-state index contributed by atoms with van der Waals surface area (Å²) in [6.45, 7) is 8.06. The summed E-state index contributed by atoms with van der Waals surface area (Å²) < 4.78 is 93.0. The first-order valence-electron chi connectivity index (χ1n) is 20.5. The van der Waals surface area contributed by atoms with Gasteiger partial charge in [-0.05, 0) is 62.5 Å². The van der Waals surface area contributed by atoms with Crippen LogP contribution in [0.25, 0.3) is 11.0 Å². The summed E-state index contributed by atoms with van der Waals surface area (Å²) in [7, 11) is 3.06. The van der Waals surface area contributed by atoms with Crippen molar-refractivity contribution in [2.24, 2.45) is 23.2 Å². The van der Waals surface area contributed by atoms with Crippen molar-refractivity contribution >= 4 is 46.5 Å². The van der Waals surface area contributed by atoms with Gasteiger partial charge in [-0.2, -0.15) is 13.5 Å². The Balaban J connectivity index is 1.34. The predicted molar refractivity (Wildman–Crippen MR) is 212 cm³/mol. The topological polar surface area (TPSA) is 184 Å². The monoisotopic (exact) mass is 868 g/mol. The van der Waals surface area contributed by atoms with Crippen molar-refractivity contribution in [3.8, 4) is 11.6 Å². The number of hydrogen-bond acceptors (Lipinski definition) is 10. The van der Waals surface area contributed by atoms with E-state index in [9.17, 15) is 32.5 Å². The van der Waals surface area contributed by atoms with Crippen molar-refractivity contribution in [1.29, 1.82) is 0 Å². The lowest BCUT2D eigenvalue weighted by molar-refractivity contribution is -0.144. The van der Waals surface area contributed by atoms with Gasteiger partial charge in [0.15, 0.2) is 5.69 Å². The van der Waals surface area contributed by atoms with E-state index in [4.69, 9.17) is 14.2 Å². The maximum absolute atomic E-state index is 16.4. The summed E-state index contributed by atoms with van der Waals surface area (Å²) in [5.41, 5.74) is -3.44. The standard InChI is InChI=1S/C41H56F4N6O8S/c1-8-24-29(59-35-31(47-26-13-12-23(57-6)18-27(26)48-35)41(44,45)14-10-9-11-22-17-28(22)58-7)20-51(36(54)32(46-21-52)38(2,3)4)30(24)34(53)49-40(19-25(40)33(42)43)37(55)50-60(56)39(5)15-16-39/h12-13,18,21-22,24-25,28-30,32-33H,8-11,14-17,19-20H2,1-7H3,(H,46,52)(H,49,53)(H,50,55). The summed E-state index contributed by atoms with van der Waals surface area (Å²) >= 11 is -1.91. The first-order valence-corrected chi connectivity index (χ1v) is 21.7. The molecule has 4 aliphatic rings. The minimum Gasteiger partial charge on any atom is -0.593 e. The lowest BCUT2D eigenvalue weighted by Crippen LogP contribution is -2.61. The van der Waals surface area contributed by atoms with Crippen molar-refractivity contribution < 1.29 is 55.5 Å². The molecule has 2 heterocycles. The summed E-state index contributed by atoms with van der Waals surface area (Å²) in [6, 6.07) is 1.88. The fourth-order valence-electron chi connectivity index (χ4n) is 8.28. The zero-order chi connectivity index (χ0) is 43.9. The third kappa shape index (κ3) is 9.42. The highest BCUT2D eigenvalue weighted by molar-refractivity contribution is 7.91. The highest BCUT2D eigenvalue weighted by Crippen LogP contribution is 2.50. The molecule has 3 N–H and O–H groups in total. The van der Waals surface area contributed by atoms with Crippen molar-refractivity contribution in [3.05, 3.63) is 23.9 Å². The summed E-state index contributed by atoms with van der Waals surface area (Å²) in [5.74, 6) is -8.65. The molecule has 1 aromatic heterocycles. The number of ether oxygens (including phenoxy) is 3. The molecule has 0 radical (unpaired) electrons. The zero-order valence-electron chi connectivity index (χ0n) is 35.0. The molecule has 9 unspecified atom stereocenters. The van der Waals surface area contributed by atoms with Gasteiger partial charge in [-0.1, -0.05) is 34.1 Å². The average molecular weight is 869 g/mol. The number of alkyl halides is 4. The maximum Gasteiger partial charge on any atom is 0.295 e. The van der Waals surface area contributed by atoms with Crippen LogP contribution in [-0.4, -0.2) is 105 Å². The lowest BCUT2D eigenvalue weighted by Gasteiger charge is -2.35. The van der Waals surface area contributed by atoms with Gasteiger partial charge in [0.1, 0.15) is 34.2 Å². The van der Waals surface area contributed by atoms with Gasteiger partial charge >= 0.3 is 0 Å². The normalized spacial score (nSPS) is 27.9. The van der Waals surface area contributed by atoms with Gasteiger partial charge in [-0.3, -0.25) is 19.2 Å². The van der Waals surface area contributed by atoms with E-state index >= 15 is 8.78 Å². The van der Waals surface area contributed by atoms with Gasteiger partial charge in [-0.15, -0.1) is 0 Å². The Morgan fingerprint density at radius 3 is 2.38 bits per heavy atom. The SMILES string of the molecule is CCC1C(Oc2nc3cc(OC)ccc3nc2C(F)(F)CCCCC2CC2OC)CN(C(=O)C(NC=O)C(C)(C)C)C1C(=O)NC1(C(=O)N[S+]([O-])C2(C)CC2)CC1C(F)F. The summed E-state index contributed by atoms with van der Waals surface area (Å²) in [6.07, 6.45) is -1.17. The van der Waals surface area contributed by atoms with Crippen LogP contribution in [0.5, 0.6) is 11.6 Å². The first kappa shape index (κ1) is 45.6. The molecule has 1 saturated heterocycles. The number of fused-ring (bicyclic) bond motifs is 1. The van der Waals surface area contributed by atoms with Crippen molar-refractivity contribution in [2.45, 2.75) is 139 Å². The van der Waals surface area contributed by atoms with Crippen LogP contribution in [0.1, 0.15) is 98.1 Å². The van der Waals surface area contributed by atoms with Crippen LogP contribution in [-0.2, 0) is 41.2 Å². The highest BCUT2D eigenvalue weighted by Gasteiger charge is 2.68. The molecular weight excluding hydrogens is 813 g/mol. The molecule has 1 aromatic carbocycles. The van der Waals surface area contributed by atoms with Crippen molar-refractivity contribution in [1.82, 2.24) is 30.2 Å². The van der Waals surface area contributed by atoms with E-state index in [2.05, 4.69) is 25.3 Å². The molecule has 3 saturated carbocycles. The van der Waals surface area contributed by atoms with Crippen LogP contribution < -0.4 is 24.8 Å².